The molecular formula is C16H13N3O2. The number of hydrogen-bond acceptors (Lipinski definition) is 4. The molecule has 0 radical (unpaired) electrons. The molecule has 0 aliphatic carbocycles. The molecule has 0 saturated heterocycles. The van der Waals surface area contributed by atoms with E-state index in [1.165, 1.54) is 12.3 Å². The van der Waals surface area contributed by atoms with Crippen molar-refractivity contribution in [1.29, 1.82) is 0 Å². The van der Waals surface area contributed by atoms with Crippen LogP contribution in [0.1, 0.15) is 16.1 Å². The molecule has 0 aliphatic rings. The molecule has 0 bridgehead atoms. The molecule has 0 unspecified atom stereocenters. The zero-order chi connectivity index (χ0) is 15.0. The van der Waals surface area contributed by atoms with Crippen LogP contribution in [-0.2, 0) is 0 Å². The van der Waals surface area contributed by atoms with Gasteiger partial charge in [-0.2, -0.15) is 0 Å². The van der Waals surface area contributed by atoms with Crippen LogP contribution in [0.2, 0.25) is 0 Å². The van der Waals surface area contributed by atoms with Crippen molar-refractivity contribution in [2.24, 2.45) is 5.73 Å². The second-order valence-corrected chi connectivity index (χ2v) is 4.82. The first-order valence-corrected chi connectivity index (χ1v) is 6.41. The fraction of sp³-hybridized carbons (Fsp3) is 0.0625. The lowest BCUT2D eigenvalue weighted by Crippen LogP contribution is -2.13. The molecule has 0 aliphatic heterocycles. The van der Waals surface area contributed by atoms with Gasteiger partial charge in [0.2, 0.25) is 0 Å². The highest BCUT2D eigenvalue weighted by atomic mass is 16.3. The summed E-state index contributed by atoms with van der Waals surface area (Å²) in [7, 11) is 0. The summed E-state index contributed by atoms with van der Waals surface area (Å²) in [5, 5.41) is 10.9. The van der Waals surface area contributed by atoms with E-state index in [0.29, 0.717) is 5.56 Å². The zero-order valence-electron chi connectivity index (χ0n) is 11.4. The zero-order valence-corrected chi connectivity index (χ0v) is 11.4. The summed E-state index contributed by atoms with van der Waals surface area (Å²) in [6.07, 6.45) is 3.29. The Hall–Kier alpha value is -2.95. The number of benzene rings is 1. The van der Waals surface area contributed by atoms with Crippen molar-refractivity contribution >= 4 is 16.8 Å². The molecular weight excluding hydrogens is 266 g/mol. The highest BCUT2D eigenvalue weighted by Crippen LogP contribution is 2.28. The summed E-state index contributed by atoms with van der Waals surface area (Å²) in [5.41, 5.74) is 8.62. The molecule has 2 aromatic heterocycles. The summed E-state index contributed by atoms with van der Waals surface area (Å²) >= 11 is 0. The molecule has 3 rings (SSSR count). The normalized spacial score (nSPS) is 10.7. The number of aryl methyl sites for hydroxylation is 1. The third-order valence-electron chi connectivity index (χ3n) is 3.39. The first-order chi connectivity index (χ1) is 10.1. The topological polar surface area (TPSA) is 89.1 Å². The third kappa shape index (κ3) is 2.29. The van der Waals surface area contributed by atoms with E-state index in [1.54, 1.807) is 6.20 Å². The van der Waals surface area contributed by atoms with E-state index in [4.69, 9.17) is 5.73 Å². The van der Waals surface area contributed by atoms with Gasteiger partial charge < -0.3 is 10.8 Å². The van der Waals surface area contributed by atoms with Crippen molar-refractivity contribution in [3.63, 3.8) is 0 Å². The SMILES string of the molecule is Cc1ccnc2ccc(-c3cnc(C(N)=O)c(O)c3)cc12. The molecule has 21 heavy (non-hydrogen) atoms. The van der Waals surface area contributed by atoms with Gasteiger partial charge in [-0.15, -0.1) is 0 Å². The Bertz CT molecular complexity index is 859. The number of fused-ring (bicyclic) bond motifs is 1. The number of primary amides is 1. The number of carbonyl (C=O) groups excluding carboxylic acids is 1. The van der Waals surface area contributed by atoms with Crippen LogP contribution in [0.25, 0.3) is 22.0 Å². The Kier molecular flexibility index (Phi) is 3.02. The van der Waals surface area contributed by atoms with Gasteiger partial charge in [0.1, 0.15) is 5.75 Å². The van der Waals surface area contributed by atoms with Gasteiger partial charge in [0.05, 0.1) is 5.52 Å². The molecule has 1 aromatic carbocycles. The molecule has 5 nitrogen and oxygen atoms in total. The first-order valence-electron chi connectivity index (χ1n) is 6.41. The van der Waals surface area contributed by atoms with Gasteiger partial charge >= 0.3 is 0 Å². The minimum absolute atomic E-state index is 0.127. The standard InChI is InChI=1S/C16H13N3O2/c1-9-4-5-18-13-3-2-10(6-12(9)13)11-7-14(20)15(16(17)21)19-8-11/h2-8,20H,1H3,(H2,17,21). The summed E-state index contributed by atoms with van der Waals surface area (Å²) < 4.78 is 0. The van der Waals surface area contributed by atoms with Crippen molar-refractivity contribution in [3.8, 4) is 16.9 Å². The lowest BCUT2D eigenvalue weighted by atomic mass is 10.0. The Balaban J connectivity index is 2.14. The molecule has 3 N–H and O–H groups in total. The van der Waals surface area contributed by atoms with Gasteiger partial charge in [-0.1, -0.05) is 6.07 Å². The van der Waals surface area contributed by atoms with Gasteiger partial charge in [-0.3, -0.25) is 9.78 Å². The first kappa shape index (κ1) is 13.1. The Morgan fingerprint density at radius 3 is 2.67 bits per heavy atom. The van der Waals surface area contributed by atoms with E-state index in [0.717, 1.165) is 22.0 Å². The van der Waals surface area contributed by atoms with Gasteiger partial charge in [0.15, 0.2) is 5.69 Å². The fourth-order valence-corrected chi connectivity index (χ4v) is 2.26. The van der Waals surface area contributed by atoms with E-state index in [9.17, 15) is 9.90 Å². The Morgan fingerprint density at radius 2 is 1.95 bits per heavy atom. The number of hydrogen-bond donors (Lipinski definition) is 2. The fourth-order valence-electron chi connectivity index (χ4n) is 2.26. The van der Waals surface area contributed by atoms with Crippen LogP contribution in [0.3, 0.4) is 0 Å². The maximum Gasteiger partial charge on any atom is 0.271 e. The molecule has 0 spiro atoms. The lowest BCUT2D eigenvalue weighted by molar-refractivity contribution is 0.0993. The third-order valence-corrected chi connectivity index (χ3v) is 3.39. The molecule has 104 valence electrons. The lowest BCUT2D eigenvalue weighted by Gasteiger charge is -2.07. The van der Waals surface area contributed by atoms with E-state index >= 15 is 0 Å². The van der Waals surface area contributed by atoms with E-state index in [-0.39, 0.29) is 11.4 Å². The van der Waals surface area contributed by atoms with Gasteiger partial charge in [-0.05, 0) is 42.3 Å². The number of rotatable bonds is 2. The highest BCUT2D eigenvalue weighted by Gasteiger charge is 2.11. The number of nitrogens with zero attached hydrogens (tertiary/aromatic N) is 2. The summed E-state index contributed by atoms with van der Waals surface area (Å²) in [4.78, 5) is 19.3. The summed E-state index contributed by atoms with van der Waals surface area (Å²) in [6.45, 7) is 2.01. The Labute approximate surface area is 121 Å². The van der Waals surface area contributed by atoms with Crippen LogP contribution in [-0.4, -0.2) is 21.0 Å². The number of aromatic nitrogens is 2. The molecule has 0 atom stereocenters. The van der Waals surface area contributed by atoms with Crippen LogP contribution in [0.15, 0.2) is 42.7 Å². The van der Waals surface area contributed by atoms with Crippen LogP contribution in [0, 0.1) is 6.92 Å². The summed E-state index contributed by atoms with van der Waals surface area (Å²) in [5.74, 6) is -0.972. The van der Waals surface area contributed by atoms with Crippen molar-refractivity contribution in [2.45, 2.75) is 6.92 Å². The quantitative estimate of drug-likeness (QED) is 0.753. The smallest absolute Gasteiger partial charge is 0.271 e. The van der Waals surface area contributed by atoms with Crippen molar-refractivity contribution in [2.75, 3.05) is 0 Å². The highest BCUT2D eigenvalue weighted by molar-refractivity contribution is 5.94. The summed E-state index contributed by atoms with van der Waals surface area (Å²) in [6, 6.07) is 9.22. The maximum absolute atomic E-state index is 11.1. The molecule has 1 amide bonds. The number of pyridine rings is 2. The van der Waals surface area contributed by atoms with Crippen molar-refractivity contribution in [3.05, 3.63) is 54.0 Å². The largest absolute Gasteiger partial charge is 0.505 e. The van der Waals surface area contributed by atoms with E-state index in [2.05, 4.69) is 9.97 Å². The van der Waals surface area contributed by atoms with Gasteiger partial charge in [-0.25, -0.2) is 4.98 Å². The van der Waals surface area contributed by atoms with Crippen molar-refractivity contribution < 1.29 is 9.90 Å². The molecule has 0 fully saturated rings. The average molecular weight is 279 g/mol. The molecule has 0 saturated carbocycles. The van der Waals surface area contributed by atoms with Crippen molar-refractivity contribution in [1.82, 2.24) is 9.97 Å². The average Bonchev–Trinajstić information content (AvgIpc) is 2.47. The molecule has 3 aromatic rings. The van der Waals surface area contributed by atoms with Crippen LogP contribution < -0.4 is 5.73 Å². The minimum atomic E-state index is -0.752. The Morgan fingerprint density at radius 1 is 1.14 bits per heavy atom. The van der Waals surface area contributed by atoms with Gasteiger partial charge in [0.25, 0.3) is 5.91 Å². The number of carbonyl (C=O) groups is 1. The van der Waals surface area contributed by atoms with Gasteiger partial charge in [0, 0.05) is 23.3 Å². The maximum atomic E-state index is 11.1. The van der Waals surface area contributed by atoms with E-state index < -0.39 is 5.91 Å². The number of nitrogens with two attached hydrogens (primary N) is 1. The monoisotopic (exact) mass is 279 g/mol. The number of aromatic hydroxyl groups is 1. The number of amides is 1. The van der Waals surface area contributed by atoms with E-state index in [1.807, 2.05) is 31.2 Å². The predicted octanol–water partition coefficient (Wildman–Crippen LogP) is 2.41. The second-order valence-electron chi connectivity index (χ2n) is 4.82. The van der Waals surface area contributed by atoms with Crippen LogP contribution >= 0.6 is 0 Å². The molecule has 2 heterocycles. The van der Waals surface area contributed by atoms with Crippen LogP contribution in [0.5, 0.6) is 5.75 Å². The molecule has 5 heteroatoms. The predicted molar refractivity (Wildman–Crippen MR) is 79.9 cm³/mol. The second kappa shape index (κ2) is 4.86. The minimum Gasteiger partial charge on any atom is -0.505 e. The van der Waals surface area contributed by atoms with Crippen LogP contribution in [0.4, 0.5) is 0 Å².